The van der Waals surface area contributed by atoms with E-state index in [2.05, 4.69) is 39.8 Å². The summed E-state index contributed by atoms with van der Waals surface area (Å²) in [4.78, 5) is 58.2. The molecule has 10 aromatic rings. The van der Waals surface area contributed by atoms with Gasteiger partial charge in [-0.3, -0.25) is 17.6 Å². The molecular formula is C70H28F12N5O10Rb5. The normalized spacial score (nSPS) is 9.32. The Hall–Kier alpha value is -4.81. The van der Waals surface area contributed by atoms with Crippen LogP contribution >= 0.6 is 0 Å². The van der Waals surface area contributed by atoms with E-state index in [1.807, 2.05) is 0 Å². The summed E-state index contributed by atoms with van der Waals surface area (Å²) in [5.74, 6) is -18.9. The number of esters is 5. The van der Waals surface area contributed by atoms with E-state index in [0.29, 0.717) is 42.0 Å². The van der Waals surface area contributed by atoms with Crippen LogP contribution in [0.5, 0.6) is 28.7 Å². The molecule has 32 heteroatoms. The van der Waals surface area contributed by atoms with Crippen LogP contribution in [0.2, 0.25) is 0 Å². The van der Waals surface area contributed by atoms with Gasteiger partial charge >= 0.3 is 321 Å². The zero-order valence-electron chi connectivity index (χ0n) is 53.0. The standard InChI is InChI=1S/C14H4F4NO2.C14H5F3NO2.2C14H6F2NO2.C14H7FNO2.5Rb/c15-9-2-1-3-10(16)13(9)14(20)21-7-4-11(17)8(6-19)12(18)5-7;15-11-4-2-1-3-9(11)14(19)20-8-5-12(16)10(7-18)13(17)6-8;15-12-4-2-1-3-11(12)14(18)19-10-6-5-9(8-17)13(16)7-10;15-12-6-10(7-13(16)11(12)8-17)19-14(18)9-4-2-1-3-5-9;15-13-8-12(7-6-11(13)9-16)18-14(17)10-4-2-1-3-5-10;;;;;/h2-5H;1,3-6H;1,3-7H;2-7H;2-8H;;;;;/q5*-1;5*+1. The molecule has 0 N–H and O–H groups in total. The minimum atomic E-state index is -1.47. The molecule has 0 heterocycles. The largest absolute Gasteiger partial charge is 1.00 e. The summed E-state index contributed by atoms with van der Waals surface area (Å²) in [5.41, 5.74) is -3.73. The monoisotopic (exact) mass is 1750 g/mol. The van der Waals surface area contributed by atoms with Gasteiger partial charge in [-0.2, -0.15) is 129 Å². The van der Waals surface area contributed by atoms with Gasteiger partial charge in [-0.25, -0.2) is 59.1 Å². The van der Waals surface area contributed by atoms with Crippen molar-refractivity contribution >= 4 is 29.8 Å². The molecule has 15 nitrogen and oxygen atoms in total. The quantitative estimate of drug-likeness (QED) is 0.0730. The third-order valence-electron chi connectivity index (χ3n) is 11.6. The predicted octanol–water partition coefficient (Wildman–Crippen LogP) is -0.422. The molecule has 0 fully saturated rings. The summed E-state index contributed by atoms with van der Waals surface area (Å²) < 4.78 is 183. The van der Waals surface area contributed by atoms with Crippen molar-refractivity contribution < 1.29 is 391 Å². The van der Waals surface area contributed by atoms with Crippen LogP contribution in [0, 0.1) is 157 Å². The van der Waals surface area contributed by atoms with Gasteiger partial charge in [0, 0.05) is 77.4 Å². The average molecular weight is 1750 g/mol. The number of rotatable bonds is 10. The second-order valence-electron chi connectivity index (χ2n) is 18.0. The van der Waals surface area contributed by atoms with E-state index < -0.39 is 139 Å². The third kappa shape index (κ3) is 28.8. The van der Waals surface area contributed by atoms with Crippen molar-refractivity contribution in [1.82, 2.24) is 0 Å². The van der Waals surface area contributed by atoms with Gasteiger partial charge in [0.15, 0.2) is 0 Å². The number of nitrogens with zero attached hydrogens (tertiary/aromatic N) is 5. The third-order valence-corrected chi connectivity index (χ3v) is 11.6. The Bertz CT molecular complexity index is 4800. The summed E-state index contributed by atoms with van der Waals surface area (Å²) in [6.07, 6.45) is 0. The van der Waals surface area contributed by atoms with Crippen LogP contribution in [0.25, 0.3) is 0 Å². The van der Waals surface area contributed by atoms with Gasteiger partial charge in [0.05, 0.1) is 11.1 Å². The van der Waals surface area contributed by atoms with Crippen molar-refractivity contribution in [1.29, 1.82) is 26.3 Å². The number of hydrogen-bond donors (Lipinski definition) is 0. The van der Waals surface area contributed by atoms with Crippen molar-refractivity contribution in [2.75, 3.05) is 0 Å². The molecule has 0 unspecified atom stereocenters. The Morgan fingerprint density at radius 3 is 0.833 bits per heavy atom. The molecular weight excluding hydrogens is 1730 g/mol. The molecule has 10 aromatic carbocycles. The maximum absolute atomic E-state index is 13.3. The van der Waals surface area contributed by atoms with Crippen molar-refractivity contribution in [2.45, 2.75) is 0 Å². The van der Waals surface area contributed by atoms with Crippen LogP contribution in [0.1, 0.15) is 79.6 Å². The first-order valence-corrected chi connectivity index (χ1v) is 26.2. The van der Waals surface area contributed by atoms with E-state index in [0.717, 1.165) is 42.5 Å². The number of nitriles is 5. The van der Waals surface area contributed by atoms with Crippen molar-refractivity contribution in [3.05, 3.63) is 326 Å². The Kier molecular flexibility index (Phi) is 45.2. The molecule has 0 aliphatic rings. The molecule has 0 spiro atoms. The fraction of sp³-hybridized carbons (Fsp3) is 0. The first-order valence-electron chi connectivity index (χ1n) is 26.2. The van der Waals surface area contributed by atoms with Gasteiger partial charge in [-0.05, 0) is 46.5 Å². The molecule has 0 aliphatic carbocycles. The minimum Gasteiger partial charge on any atom is -0.424 e. The van der Waals surface area contributed by atoms with E-state index in [-0.39, 0.29) is 330 Å². The molecule has 0 aromatic heterocycles. The topological polar surface area (TPSA) is 250 Å². The summed E-state index contributed by atoms with van der Waals surface area (Å²) in [6, 6.07) is 51.3. The van der Waals surface area contributed by atoms with Crippen LogP contribution in [-0.2, 0) is 0 Å². The predicted molar refractivity (Wildman–Crippen MR) is 306 cm³/mol. The zero-order valence-corrected chi connectivity index (χ0v) is 77.6. The van der Waals surface area contributed by atoms with Crippen LogP contribution in [0.4, 0.5) is 52.7 Å². The first-order chi connectivity index (χ1) is 46.4. The molecule has 0 atom stereocenters. The fourth-order valence-electron chi connectivity index (χ4n) is 7.10. The zero-order chi connectivity index (χ0) is 70.9. The smallest absolute Gasteiger partial charge is 0.424 e. The number of carbonyl (C=O) groups is 5. The van der Waals surface area contributed by atoms with Crippen LogP contribution in [-0.4, -0.2) is 29.8 Å². The summed E-state index contributed by atoms with van der Waals surface area (Å²) in [6.45, 7) is 0. The SMILES string of the molecule is N#Cc1c(F)cc(OC(=O)c2c(F)c[c-]cc2F)cc1F.N#Cc1c(F)cc(OC(=O)c2cc[c-]cc2)cc1F.N#Cc1c(F)cc(OC(=O)c2cc[c-]cc2F)cc1F.N#Cc1ccc(OC(=O)c2cc[c-]cc2)cc1F.N#Cc1ccc(OC(=O)c2cc[c-]cc2F)cc1F.[Rb+].[Rb+].[Rb+].[Rb+].[Rb+]. The Balaban J connectivity index is 0.000000630. The van der Waals surface area contributed by atoms with Gasteiger partial charge in [-0.15, -0.1) is 24.3 Å². The number of halogens is 12. The van der Waals surface area contributed by atoms with Gasteiger partial charge < -0.3 is 23.7 Å². The Morgan fingerprint density at radius 2 is 0.539 bits per heavy atom. The van der Waals surface area contributed by atoms with E-state index in [9.17, 15) is 76.7 Å². The first kappa shape index (κ1) is 95.2. The van der Waals surface area contributed by atoms with Crippen molar-refractivity contribution in [3.63, 3.8) is 0 Å². The van der Waals surface area contributed by atoms with Gasteiger partial charge in [-0.1, -0.05) is 0 Å². The van der Waals surface area contributed by atoms with Crippen molar-refractivity contribution in [3.8, 4) is 59.1 Å². The molecule has 0 saturated carbocycles. The second kappa shape index (κ2) is 48.4. The van der Waals surface area contributed by atoms with Gasteiger partial charge in [0.1, 0.15) is 122 Å². The maximum atomic E-state index is 13.3. The Morgan fingerprint density at radius 1 is 0.275 bits per heavy atom. The van der Waals surface area contributed by atoms with Crippen molar-refractivity contribution in [2.24, 2.45) is 0 Å². The molecule has 0 aliphatic heterocycles. The number of carbonyl (C=O) groups excluding carboxylic acids is 5. The van der Waals surface area contributed by atoms with Gasteiger partial charge in [0.2, 0.25) is 0 Å². The molecule has 0 bridgehead atoms. The summed E-state index contributed by atoms with van der Waals surface area (Å²) >= 11 is 0. The number of hydrogen-bond acceptors (Lipinski definition) is 15. The summed E-state index contributed by atoms with van der Waals surface area (Å²) in [7, 11) is 0. The molecule has 0 amide bonds. The molecule has 0 radical (unpaired) electrons. The van der Waals surface area contributed by atoms with Crippen LogP contribution in [0.15, 0.2) is 170 Å². The fourth-order valence-corrected chi connectivity index (χ4v) is 7.10. The van der Waals surface area contributed by atoms with E-state index >= 15 is 0 Å². The Labute approximate surface area is 815 Å². The minimum absolute atomic E-state index is 0. The van der Waals surface area contributed by atoms with Gasteiger partial charge in [0.25, 0.3) is 0 Å². The van der Waals surface area contributed by atoms with Crippen LogP contribution < -0.4 is 315 Å². The van der Waals surface area contributed by atoms with E-state index in [1.165, 1.54) is 84.9 Å². The summed E-state index contributed by atoms with van der Waals surface area (Å²) in [5, 5.41) is 42.6. The number of benzene rings is 10. The molecule has 102 heavy (non-hydrogen) atoms. The molecule has 10 rings (SSSR count). The van der Waals surface area contributed by atoms with E-state index in [4.69, 9.17) is 40.5 Å². The maximum Gasteiger partial charge on any atom is 1.00 e. The average Bonchev–Trinajstić information content (AvgIpc) is 0.843. The molecule has 0 saturated heterocycles. The second-order valence-corrected chi connectivity index (χ2v) is 18.0. The van der Waals surface area contributed by atoms with E-state index in [1.54, 1.807) is 36.4 Å². The van der Waals surface area contributed by atoms with Crippen LogP contribution in [0.3, 0.4) is 0 Å². The number of ether oxygens (including phenoxy) is 5. The molecule has 482 valence electrons.